The summed E-state index contributed by atoms with van der Waals surface area (Å²) >= 11 is 0. The average Bonchev–Trinajstić information content (AvgIpc) is 3.00. The summed E-state index contributed by atoms with van der Waals surface area (Å²) in [5.41, 5.74) is 5.22. The molecule has 1 aliphatic heterocycles. The highest BCUT2D eigenvalue weighted by atomic mass is 16.3. The highest BCUT2D eigenvalue weighted by Crippen LogP contribution is 2.26. The number of phenolic OH excluding ortho intramolecular Hbond substituents is 1. The van der Waals surface area contributed by atoms with Gasteiger partial charge in [0.25, 0.3) is 0 Å². The first-order valence-corrected chi connectivity index (χ1v) is 17.0. The van der Waals surface area contributed by atoms with Gasteiger partial charge in [0, 0.05) is 35.1 Å². The standard InChI is InChI=1S/C38H56N4O2/c1-31-27-33-19-11-5-3-7-14-22-39-24-16-10-6-12-21-36-38(44)34(29-32(2)42-36)20-13-18-25-40-23-15-8-4-9-17-26-41-30-35(28-31)37(33)43/h11-13,19-21,27-30,39-40,43-44H,3-10,14-18,22-26H2,1-2H3. The van der Waals surface area contributed by atoms with Gasteiger partial charge in [-0.1, -0.05) is 56.1 Å². The van der Waals surface area contributed by atoms with E-state index in [4.69, 9.17) is 0 Å². The molecule has 0 unspecified atom stereocenters. The van der Waals surface area contributed by atoms with Gasteiger partial charge >= 0.3 is 0 Å². The zero-order valence-corrected chi connectivity index (χ0v) is 27.3. The Hall–Kier alpha value is -3.22. The molecule has 0 spiro atoms. The number of hydrogen-bond donors (Lipinski definition) is 4. The largest absolute Gasteiger partial charge is 0.507 e. The lowest BCUT2D eigenvalue weighted by Crippen LogP contribution is -2.16. The maximum absolute atomic E-state index is 10.8. The van der Waals surface area contributed by atoms with Crippen molar-refractivity contribution in [3.63, 3.8) is 0 Å². The van der Waals surface area contributed by atoms with Gasteiger partial charge in [-0.05, 0) is 128 Å². The lowest BCUT2D eigenvalue weighted by atomic mass is 10.0. The van der Waals surface area contributed by atoms with Crippen molar-refractivity contribution in [3.05, 3.63) is 70.1 Å². The van der Waals surface area contributed by atoms with Gasteiger partial charge in [-0.3, -0.25) is 4.99 Å². The lowest BCUT2D eigenvalue weighted by Gasteiger charge is -2.07. The van der Waals surface area contributed by atoms with Gasteiger partial charge in [0.15, 0.2) is 0 Å². The SMILES string of the molecule is Cc1cc2c(O)c(c1)C=NCCCCCCCNCCC=Cc1cc(C)nc(c1O)C=CCCCCNCCCCCC=C2. The van der Waals surface area contributed by atoms with Crippen LogP contribution in [0.1, 0.15) is 117 Å². The number of phenols is 1. The predicted molar refractivity (Wildman–Crippen MR) is 189 cm³/mol. The molecule has 3 rings (SSSR count). The van der Waals surface area contributed by atoms with Crippen molar-refractivity contribution >= 4 is 24.4 Å². The van der Waals surface area contributed by atoms with E-state index in [0.717, 1.165) is 106 Å². The molecule has 6 heteroatoms. The molecule has 44 heavy (non-hydrogen) atoms. The Morgan fingerprint density at radius 1 is 0.568 bits per heavy atom. The fourth-order valence-corrected chi connectivity index (χ4v) is 5.42. The molecule has 0 atom stereocenters. The van der Waals surface area contributed by atoms with Crippen LogP contribution in [0.25, 0.3) is 18.2 Å². The van der Waals surface area contributed by atoms with Crippen molar-refractivity contribution in [1.29, 1.82) is 0 Å². The molecule has 240 valence electrons. The predicted octanol–water partition coefficient (Wildman–Crippen LogP) is 8.53. The molecule has 4 bridgehead atoms. The molecule has 2 heterocycles. The first-order valence-electron chi connectivity index (χ1n) is 17.0. The third-order valence-corrected chi connectivity index (χ3v) is 7.92. The number of aromatic hydroxyl groups is 2. The second kappa shape index (κ2) is 21.5. The van der Waals surface area contributed by atoms with Crippen LogP contribution in [0.15, 0.2) is 41.4 Å². The number of allylic oxidation sites excluding steroid dienone is 2. The maximum atomic E-state index is 10.8. The van der Waals surface area contributed by atoms with E-state index >= 15 is 0 Å². The maximum Gasteiger partial charge on any atom is 0.148 e. The molecule has 0 fully saturated rings. The van der Waals surface area contributed by atoms with Crippen molar-refractivity contribution in [2.45, 2.75) is 97.3 Å². The Labute approximate surface area is 266 Å². The third-order valence-electron chi connectivity index (χ3n) is 7.92. The van der Waals surface area contributed by atoms with E-state index in [9.17, 15) is 10.2 Å². The van der Waals surface area contributed by atoms with E-state index in [1.807, 2.05) is 43.5 Å². The number of hydrogen-bond acceptors (Lipinski definition) is 6. The number of nitrogens with one attached hydrogen (secondary N) is 2. The summed E-state index contributed by atoms with van der Waals surface area (Å²) in [6.45, 7) is 8.89. The molecule has 0 radical (unpaired) electrons. The first kappa shape index (κ1) is 35.3. The zero-order valence-electron chi connectivity index (χ0n) is 27.3. The molecule has 1 aliphatic rings. The third kappa shape index (κ3) is 14.0. The number of rotatable bonds is 0. The average molecular weight is 601 g/mol. The molecular weight excluding hydrogens is 544 g/mol. The van der Waals surface area contributed by atoms with Gasteiger partial charge in [-0.15, -0.1) is 0 Å². The zero-order chi connectivity index (χ0) is 31.2. The summed E-state index contributed by atoms with van der Waals surface area (Å²) in [7, 11) is 0. The number of pyridine rings is 1. The molecule has 0 aliphatic carbocycles. The molecule has 2 aromatic rings. The monoisotopic (exact) mass is 600 g/mol. The topological polar surface area (TPSA) is 89.8 Å². The van der Waals surface area contributed by atoms with Crippen LogP contribution in [0.3, 0.4) is 0 Å². The second-order valence-electron chi connectivity index (χ2n) is 12.0. The Morgan fingerprint density at radius 2 is 1.14 bits per heavy atom. The van der Waals surface area contributed by atoms with Crippen molar-refractivity contribution in [2.75, 3.05) is 32.7 Å². The van der Waals surface area contributed by atoms with E-state index in [1.165, 1.54) is 38.5 Å². The molecule has 0 amide bonds. The van der Waals surface area contributed by atoms with Crippen molar-refractivity contribution in [1.82, 2.24) is 15.6 Å². The summed E-state index contributed by atoms with van der Waals surface area (Å²) < 4.78 is 0. The summed E-state index contributed by atoms with van der Waals surface area (Å²) in [5.74, 6) is 0.590. The van der Waals surface area contributed by atoms with Gasteiger partial charge < -0.3 is 20.8 Å². The van der Waals surface area contributed by atoms with Crippen molar-refractivity contribution in [3.8, 4) is 11.5 Å². The van der Waals surface area contributed by atoms with E-state index in [2.05, 4.69) is 51.8 Å². The van der Waals surface area contributed by atoms with Crippen LogP contribution in [-0.4, -0.2) is 54.1 Å². The van der Waals surface area contributed by atoms with Crippen LogP contribution in [0.4, 0.5) is 0 Å². The van der Waals surface area contributed by atoms with Crippen LogP contribution in [0.2, 0.25) is 0 Å². The minimum absolute atomic E-state index is 0.262. The Bertz CT molecular complexity index is 1050. The van der Waals surface area contributed by atoms with Gasteiger partial charge in [0.1, 0.15) is 17.2 Å². The Kier molecular flexibility index (Phi) is 17.2. The first-order chi connectivity index (χ1) is 21.5. The van der Waals surface area contributed by atoms with E-state index in [-0.39, 0.29) is 5.75 Å². The Balaban J connectivity index is 1.50. The van der Waals surface area contributed by atoms with Crippen LogP contribution in [-0.2, 0) is 0 Å². The smallest absolute Gasteiger partial charge is 0.148 e. The van der Waals surface area contributed by atoms with Gasteiger partial charge in [0.05, 0.1) is 0 Å². The summed E-state index contributed by atoms with van der Waals surface area (Å²) in [6, 6.07) is 6.00. The fourth-order valence-electron chi connectivity index (χ4n) is 5.42. The number of benzene rings is 1. The normalized spacial score (nSPS) is 18.0. The second-order valence-corrected chi connectivity index (χ2v) is 12.0. The molecule has 6 nitrogen and oxygen atoms in total. The number of nitrogens with zero attached hydrogens (tertiary/aromatic N) is 2. The van der Waals surface area contributed by atoms with Crippen LogP contribution < -0.4 is 10.6 Å². The van der Waals surface area contributed by atoms with Crippen molar-refractivity contribution in [2.24, 2.45) is 4.99 Å². The van der Waals surface area contributed by atoms with Gasteiger partial charge in [-0.25, -0.2) is 4.98 Å². The van der Waals surface area contributed by atoms with Crippen LogP contribution >= 0.6 is 0 Å². The molecule has 0 saturated carbocycles. The molecule has 4 N–H and O–H groups in total. The fraction of sp³-hybridized carbons (Fsp3) is 0.526. The van der Waals surface area contributed by atoms with Gasteiger partial charge in [-0.2, -0.15) is 0 Å². The highest BCUT2D eigenvalue weighted by molar-refractivity contribution is 5.86. The molecule has 0 saturated heterocycles. The van der Waals surface area contributed by atoms with Crippen molar-refractivity contribution < 1.29 is 10.2 Å². The minimum Gasteiger partial charge on any atom is -0.507 e. The van der Waals surface area contributed by atoms with E-state index in [1.54, 1.807) is 0 Å². The number of aliphatic imine (C=N–C) groups is 1. The highest BCUT2D eigenvalue weighted by Gasteiger charge is 2.07. The quantitative estimate of drug-likeness (QED) is 0.243. The number of fused-ring (bicyclic) bond motifs is 4. The summed E-state index contributed by atoms with van der Waals surface area (Å²) in [4.78, 5) is 9.15. The molecular formula is C38H56N4O2. The summed E-state index contributed by atoms with van der Waals surface area (Å²) in [5, 5.41) is 28.6. The summed E-state index contributed by atoms with van der Waals surface area (Å²) in [6.07, 6.45) is 28.8. The van der Waals surface area contributed by atoms with Crippen LogP contribution in [0.5, 0.6) is 11.5 Å². The van der Waals surface area contributed by atoms with E-state index < -0.39 is 0 Å². The Morgan fingerprint density at radius 3 is 1.93 bits per heavy atom. The minimum atomic E-state index is 0.262. The van der Waals surface area contributed by atoms with Crippen LogP contribution in [0, 0.1) is 13.8 Å². The number of aromatic nitrogens is 1. The van der Waals surface area contributed by atoms with E-state index in [0.29, 0.717) is 11.4 Å². The lowest BCUT2D eigenvalue weighted by molar-refractivity contribution is 0.469. The number of aryl methyl sites for hydroxylation is 2. The molecule has 1 aromatic heterocycles. The molecule has 1 aromatic carbocycles. The van der Waals surface area contributed by atoms with Gasteiger partial charge in [0.2, 0.25) is 0 Å².